The molecular formula is C16H26N2O3. The molecule has 0 spiro atoms. The van der Waals surface area contributed by atoms with Crippen molar-refractivity contribution < 1.29 is 14.7 Å². The Morgan fingerprint density at radius 2 is 1.76 bits per heavy atom. The van der Waals surface area contributed by atoms with E-state index in [0.717, 1.165) is 31.6 Å². The fourth-order valence-corrected chi connectivity index (χ4v) is 4.75. The summed E-state index contributed by atoms with van der Waals surface area (Å²) in [5.41, 5.74) is 0. The van der Waals surface area contributed by atoms with Gasteiger partial charge >= 0.3 is 12.0 Å². The van der Waals surface area contributed by atoms with Crippen LogP contribution < -0.4 is 10.6 Å². The molecule has 0 aromatic heterocycles. The molecule has 2 amide bonds. The fourth-order valence-electron chi connectivity index (χ4n) is 4.75. The first-order valence-electron chi connectivity index (χ1n) is 8.42. The first-order chi connectivity index (χ1) is 10.1. The van der Waals surface area contributed by atoms with Crippen molar-refractivity contribution in [2.75, 3.05) is 6.54 Å². The van der Waals surface area contributed by atoms with Gasteiger partial charge in [0.15, 0.2) is 0 Å². The van der Waals surface area contributed by atoms with Crippen LogP contribution >= 0.6 is 0 Å². The van der Waals surface area contributed by atoms with Gasteiger partial charge in [-0.2, -0.15) is 0 Å². The summed E-state index contributed by atoms with van der Waals surface area (Å²) in [6.45, 7) is 0.703. The largest absolute Gasteiger partial charge is 0.481 e. The SMILES string of the molecule is O=C(NCCC1CCCC1)NC1C2CCC(C2)C1C(=O)O. The van der Waals surface area contributed by atoms with Gasteiger partial charge in [-0.15, -0.1) is 0 Å². The number of carbonyl (C=O) groups is 2. The zero-order chi connectivity index (χ0) is 14.8. The van der Waals surface area contributed by atoms with Crippen LogP contribution in [0.3, 0.4) is 0 Å². The summed E-state index contributed by atoms with van der Waals surface area (Å²) >= 11 is 0. The third-order valence-corrected chi connectivity index (χ3v) is 5.81. The lowest BCUT2D eigenvalue weighted by atomic mass is 9.84. The lowest BCUT2D eigenvalue weighted by Gasteiger charge is -2.28. The minimum atomic E-state index is -0.751. The molecule has 4 atom stereocenters. The Hall–Kier alpha value is -1.26. The summed E-state index contributed by atoms with van der Waals surface area (Å²) in [6, 6.07) is -0.357. The van der Waals surface area contributed by atoms with Crippen molar-refractivity contribution in [2.45, 2.75) is 57.4 Å². The number of carboxylic acid groups (broad SMARTS) is 1. The highest BCUT2D eigenvalue weighted by Gasteiger charge is 2.51. The maximum atomic E-state index is 12.0. The van der Waals surface area contributed by atoms with E-state index in [4.69, 9.17) is 0 Å². The Morgan fingerprint density at radius 3 is 2.48 bits per heavy atom. The van der Waals surface area contributed by atoms with Crippen molar-refractivity contribution in [3.8, 4) is 0 Å². The highest BCUT2D eigenvalue weighted by Crippen LogP contribution is 2.48. The molecule has 3 fully saturated rings. The van der Waals surface area contributed by atoms with E-state index in [9.17, 15) is 14.7 Å². The second-order valence-electron chi connectivity index (χ2n) is 7.06. The van der Waals surface area contributed by atoms with Crippen LogP contribution in [0.25, 0.3) is 0 Å². The quantitative estimate of drug-likeness (QED) is 0.728. The summed E-state index contributed by atoms with van der Waals surface area (Å²) in [4.78, 5) is 23.4. The average Bonchev–Trinajstić information content (AvgIpc) is 3.14. The molecule has 3 aliphatic rings. The monoisotopic (exact) mass is 294 g/mol. The maximum absolute atomic E-state index is 12.0. The van der Waals surface area contributed by atoms with Crippen molar-refractivity contribution in [1.29, 1.82) is 0 Å². The van der Waals surface area contributed by atoms with Crippen molar-refractivity contribution in [3.63, 3.8) is 0 Å². The number of hydrogen-bond donors (Lipinski definition) is 3. The van der Waals surface area contributed by atoms with Crippen LogP contribution in [0, 0.1) is 23.7 Å². The van der Waals surface area contributed by atoms with Gasteiger partial charge in [-0.1, -0.05) is 25.7 Å². The topological polar surface area (TPSA) is 78.4 Å². The number of rotatable bonds is 5. The minimum absolute atomic E-state index is 0.173. The molecule has 21 heavy (non-hydrogen) atoms. The second kappa shape index (κ2) is 6.24. The van der Waals surface area contributed by atoms with Gasteiger partial charge in [-0.05, 0) is 43.4 Å². The summed E-state index contributed by atoms with van der Waals surface area (Å²) in [6.07, 6.45) is 9.29. The van der Waals surface area contributed by atoms with Crippen LogP contribution in [0.15, 0.2) is 0 Å². The average molecular weight is 294 g/mol. The van der Waals surface area contributed by atoms with Crippen LogP contribution in [0.1, 0.15) is 51.4 Å². The summed E-state index contributed by atoms with van der Waals surface area (Å²) in [5.74, 6) is 0.246. The molecule has 0 aromatic carbocycles. The molecule has 0 heterocycles. The van der Waals surface area contributed by atoms with Crippen molar-refractivity contribution in [3.05, 3.63) is 0 Å². The molecular weight excluding hydrogens is 268 g/mol. The Bertz CT molecular complexity index is 406. The molecule has 3 N–H and O–H groups in total. The number of fused-ring (bicyclic) bond motifs is 2. The molecule has 118 valence electrons. The van der Waals surface area contributed by atoms with Gasteiger partial charge in [0.05, 0.1) is 5.92 Å². The number of urea groups is 1. The molecule has 5 nitrogen and oxygen atoms in total. The Kier molecular flexibility index (Phi) is 4.36. The normalized spacial score (nSPS) is 35.0. The van der Waals surface area contributed by atoms with E-state index < -0.39 is 5.97 Å². The lowest BCUT2D eigenvalue weighted by Crippen LogP contribution is -2.50. The predicted octanol–water partition coefficient (Wildman–Crippen LogP) is 2.37. The zero-order valence-electron chi connectivity index (χ0n) is 12.5. The van der Waals surface area contributed by atoms with Gasteiger partial charge in [0.25, 0.3) is 0 Å². The Morgan fingerprint density at radius 1 is 1.05 bits per heavy atom. The van der Waals surface area contributed by atoms with Gasteiger partial charge in [0.2, 0.25) is 0 Å². The molecule has 0 aliphatic heterocycles. The number of aliphatic carboxylic acids is 1. The second-order valence-corrected chi connectivity index (χ2v) is 7.06. The summed E-state index contributed by atoms with van der Waals surface area (Å²) in [7, 11) is 0. The smallest absolute Gasteiger partial charge is 0.315 e. The maximum Gasteiger partial charge on any atom is 0.315 e. The van der Waals surface area contributed by atoms with E-state index in [-0.39, 0.29) is 23.9 Å². The van der Waals surface area contributed by atoms with E-state index in [1.807, 2.05) is 0 Å². The van der Waals surface area contributed by atoms with Crippen LogP contribution in [0.2, 0.25) is 0 Å². The van der Waals surface area contributed by atoms with E-state index in [2.05, 4.69) is 10.6 Å². The number of carboxylic acids is 1. The van der Waals surface area contributed by atoms with Crippen LogP contribution in [0.4, 0.5) is 4.79 Å². The Labute approximate surface area is 125 Å². The van der Waals surface area contributed by atoms with Gasteiger partial charge in [-0.3, -0.25) is 4.79 Å². The summed E-state index contributed by atoms with van der Waals surface area (Å²) in [5, 5.41) is 15.2. The minimum Gasteiger partial charge on any atom is -0.481 e. The molecule has 0 aromatic rings. The number of amides is 2. The first kappa shape index (κ1) is 14.7. The van der Waals surface area contributed by atoms with E-state index in [1.54, 1.807) is 0 Å². The molecule has 5 heteroatoms. The van der Waals surface area contributed by atoms with Crippen molar-refractivity contribution in [2.24, 2.45) is 23.7 Å². The number of carbonyl (C=O) groups excluding carboxylic acids is 1. The number of hydrogen-bond acceptors (Lipinski definition) is 2. The third-order valence-electron chi connectivity index (χ3n) is 5.81. The molecule has 4 unspecified atom stereocenters. The molecule has 3 aliphatic carbocycles. The van der Waals surface area contributed by atoms with E-state index in [1.165, 1.54) is 25.7 Å². The van der Waals surface area contributed by atoms with Gasteiger partial charge < -0.3 is 15.7 Å². The van der Waals surface area contributed by atoms with E-state index >= 15 is 0 Å². The molecule has 2 bridgehead atoms. The fraction of sp³-hybridized carbons (Fsp3) is 0.875. The Balaban J connectivity index is 1.44. The highest BCUT2D eigenvalue weighted by molar-refractivity contribution is 5.77. The van der Waals surface area contributed by atoms with Crippen molar-refractivity contribution >= 4 is 12.0 Å². The predicted molar refractivity (Wildman–Crippen MR) is 78.9 cm³/mol. The van der Waals surface area contributed by atoms with Gasteiger partial charge in [0.1, 0.15) is 0 Å². The molecule has 0 saturated heterocycles. The highest BCUT2D eigenvalue weighted by atomic mass is 16.4. The van der Waals surface area contributed by atoms with Gasteiger partial charge in [0, 0.05) is 12.6 Å². The van der Waals surface area contributed by atoms with Gasteiger partial charge in [-0.25, -0.2) is 4.79 Å². The lowest BCUT2D eigenvalue weighted by molar-refractivity contribution is -0.144. The van der Waals surface area contributed by atoms with Crippen LogP contribution in [0.5, 0.6) is 0 Å². The first-order valence-corrected chi connectivity index (χ1v) is 8.42. The van der Waals surface area contributed by atoms with Crippen LogP contribution in [-0.2, 0) is 4.79 Å². The number of nitrogens with one attached hydrogen (secondary N) is 2. The van der Waals surface area contributed by atoms with E-state index in [0.29, 0.717) is 12.5 Å². The zero-order valence-corrected chi connectivity index (χ0v) is 12.5. The molecule has 3 rings (SSSR count). The molecule has 3 saturated carbocycles. The van der Waals surface area contributed by atoms with Crippen molar-refractivity contribution in [1.82, 2.24) is 10.6 Å². The van der Waals surface area contributed by atoms with Crippen LogP contribution in [-0.4, -0.2) is 29.7 Å². The third kappa shape index (κ3) is 3.16. The summed E-state index contributed by atoms with van der Waals surface area (Å²) < 4.78 is 0. The molecule has 0 radical (unpaired) electrons. The standard InChI is InChI=1S/C16H26N2O3/c19-15(20)13-11-5-6-12(9-11)14(13)18-16(21)17-8-7-10-3-1-2-4-10/h10-14H,1-9H2,(H,19,20)(H2,17,18,21).